The Balaban J connectivity index is 1.12. The number of ether oxygens (including phenoxy) is 1. The molecular weight excluding hydrogens is 432 g/mol. The van der Waals surface area contributed by atoms with Crippen LogP contribution < -0.4 is 10.6 Å². The molecule has 3 aromatic carbocycles. The molecule has 2 atom stereocenters. The lowest BCUT2D eigenvalue weighted by atomic mass is 9.89. The van der Waals surface area contributed by atoms with Crippen molar-refractivity contribution in [2.45, 2.75) is 44.3 Å². The predicted octanol–water partition coefficient (Wildman–Crippen LogP) is 5.73. The van der Waals surface area contributed by atoms with Crippen LogP contribution in [0.25, 0.3) is 10.8 Å². The molecule has 0 bridgehead atoms. The second kappa shape index (κ2) is 11.9. The average Bonchev–Trinajstić information content (AvgIpc) is 2.93. The number of hydrogen-bond donors (Lipinski definition) is 2. The lowest BCUT2D eigenvalue weighted by molar-refractivity contribution is 0.0105. The van der Waals surface area contributed by atoms with Crippen LogP contribution in [0.3, 0.4) is 0 Å². The number of anilines is 1. The van der Waals surface area contributed by atoms with Crippen molar-refractivity contribution in [2.24, 2.45) is 0 Å². The first-order chi connectivity index (χ1) is 17.3. The summed E-state index contributed by atoms with van der Waals surface area (Å²) in [6.45, 7) is 3.33. The Morgan fingerprint density at radius 3 is 2.51 bits per heavy atom. The molecule has 5 heteroatoms. The van der Waals surface area contributed by atoms with Crippen LogP contribution in [-0.4, -0.2) is 35.7 Å². The molecule has 5 nitrogen and oxygen atoms in total. The van der Waals surface area contributed by atoms with Crippen LogP contribution in [0.2, 0.25) is 0 Å². The highest BCUT2D eigenvalue weighted by Gasteiger charge is 2.27. The zero-order valence-corrected chi connectivity index (χ0v) is 20.2. The molecule has 1 fully saturated rings. The summed E-state index contributed by atoms with van der Waals surface area (Å²) in [5.74, 6) is 1.01. The number of fused-ring (bicyclic) bond motifs is 1. The molecule has 2 unspecified atom stereocenters. The minimum Gasteiger partial charge on any atom is -0.372 e. The predicted molar refractivity (Wildman–Crippen MR) is 143 cm³/mol. The molecule has 0 amide bonds. The van der Waals surface area contributed by atoms with Gasteiger partial charge >= 0.3 is 0 Å². The highest BCUT2D eigenvalue weighted by atomic mass is 16.5. The number of nitrogens with zero attached hydrogens (tertiary/aromatic N) is 2. The monoisotopic (exact) mass is 466 g/mol. The summed E-state index contributed by atoms with van der Waals surface area (Å²) in [4.78, 5) is 9.20. The van der Waals surface area contributed by atoms with Gasteiger partial charge in [-0.15, -0.1) is 0 Å². The molecule has 0 aliphatic carbocycles. The van der Waals surface area contributed by atoms with Gasteiger partial charge in [0, 0.05) is 31.4 Å². The Labute approximate surface area is 208 Å². The Bertz CT molecular complexity index is 1200. The molecule has 180 valence electrons. The Hall–Kier alpha value is -3.28. The second-order valence-corrected chi connectivity index (χ2v) is 9.34. The van der Waals surface area contributed by atoms with Crippen LogP contribution in [0, 0.1) is 0 Å². The van der Waals surface area contributed by atoms with Gasteiger partial charge in [0.25, 0.3) is 0 Å². The van der Waals surface area contributed by atoms with Crippen molar-refractivity contribution in [3.8, 4) is 0 Å². The summed E-state index contributed by atoms with van der Waals surface area (Å²) in [7, 11) is 0. The number of benzene rings is 3. The van der Waals surface area contributed by atoms with E-state index in [1.54, 1.807) is 0 Å². The molecule has 1 aliphatic heterocycles. The van der Waals surface area contributed by atoms with Crippen molar-refractivity contribution in [1.29, 1.82) is 0 Å². The van der Waals surface area contributed by atoms with E-state index < -0.39 is 0 Å². The minimum atomic E-state index is 0.107. The number of piperidine rings is 1. The van der Waals surface area contributed by atoms with E-state index in [9.17, 15) is 0 Å². The van der Waals surface area contributed by atoms with E-state index in [-0.39, 0.29) is 6.10 Å². The smallest absolute Gasteiger partial charge is 0.222 e. The fraction of sp³-hybridized carbons (Fsp3) is 0.333. The van der Waals surface area contributed by atoms with Crippen molar-refractivity contribution in [3.63, 3.8) is 0 Å². The standard InChI is InChI=1S/C30H34N4O/c1-2-8-23(9-3-1)10-6-7-16-32-30-33-19-27(20-34-30)28-15-17-31-21-29(28)35-22-24-13-14-25-11-4-5-12-26(25)18-24/h1-5,8-9,11-14,18-20,28-29,31H,6-7,10,15-17,21-22H2,(H,32,33,34). The van der Waals surface area contributed by atoms with Crippen molar-refractivity contribution in [3.05, 3.63) is 102 Å². The van der Waals surface area contributed by atoms with Gasteiger partial charge < -0.3 is 15.4 Å². The number of aromatic nitrogens is 2. The summed E-state index contributed by atoms with van der Waals surface area (Å²) in [6, 6.07) is 25.7. The highest BCUT2D eigenvalue weighted by Crippen LogP contribution is 2.28. The summed E-state index contributed by atoms with van der Waals surface area (Å²) in [6.07, 6.45) is 8.44. The molecule has 1 aliphatic rings. The van der Waals surface area contributed by atoms with Gasteiger partial charge in [-0.25, -0.2) is 9.97 Å². The van der Waals surface area contributed by atoms with Gasteiger partial charge in [-0.05, 0) is 65.8 Å². The molecule has 4 aromatic rings. The van der Waals surface area contributed by atoms with Crippen molar-refractivity contribution < 1.29 is 4.74 Å². The maximum Gasteiger partial charge on any atom is 0.222 e. The van der Waals surface area contributed by atoms with Gasteiger partial charge in [0.05, 0.1) is 12.7 Å². The molecule has 0 spiro atoms. The van der Waals surface area contributed by atoms with Crippen LogP contribution in [0.5, 0.6) is 0 Å². The van der Waals surface area contributed by atoms with Gasteiger partial charge in [-0.1, -0.05) is 66.7 Å². The maximum atomic E-state index is 6.41. The Morgan fingerprint density at radius 1 is 0.857 bits per heavy atom. The topological polar surface area (TPSA) is 59.1 Å². The normalized spacial score (nSPS) is 17.9. The van der Waals surface area contributed by atoms with Crippen LogP contribution in [0.4, 0.5) is 5.95 Å². The summed E-state index contributed by atoms with van der Waals surface area (Å²) < 4.78 is 6.41. The van der Waals surface area contributed by atoms with E-state index in [2.05, 4.69) is 93.4 Å². The molecule has 0 radical (unpaired) electrons. The van der Waals surface area contributed by atoms with E-state index in [0.717, 1.165) is 50.9 Å². The van der Waals surface area contributed by atoms with E-state index in [1.165, 1.54) is 21.9 Å². The zero-order valence-electron chi connectivity index (χ0n) is 20.2. The van der Waals surface area contributed by atoms with Crippen LogP contribution in [0.1, 0.15) is 41.9 Å². The first-order valence-electron chi connectivity index (χ1n) is 12.7. The first-order valence-corrected chi connectivity index (χ1v) is 12.7. The lowest BCUT2D eigenvalue weighted by Crippen LogP contribution is -2.41. The third kappa shape index (κ3) is 6.44. The molecule has 35 heavy (non-hydrogen) atoms. The minimum absolute atomic E-state index is 0.107. The quantitative estimate of drug-likeness (QED) is 0.293. The Kier molecular flexibility index (Phi) is 7.99. The van der Waals surface area contributed by atoms with Gasteiger partial charge in [0.15, 0.2) is 0 Å². The summed E-state index contributed by atoms with van der Waals surface area (Å²) >= 11 is 0. The van der Waals surface area contributed by atoms with Gasteiger partial charge in [0.1, 0.15) is 0 Å². The fourth-order valence-electron chi connectivity index (χ4n) is 4.84. The molecule has 1 aromatic heterocycles. The van der Waals surface area contributed by atoms with Crippen molar-refractivity contribution in [2.75, 3.05) is 25.0 Å². The lowest BCUT2D eigenvalue weighted by Gasteiger charge is -2.32. The van der Waals surface area contributed by atoms with Gasteiger partial charge in [0.2, 0.25) is 5.95 Å². The molecule has 5 rings (SSSR count). The fourth-order valence-corrected chi connectivity index (χ4v) is 4.84. The van der Waals surface area contributed by atoms with E-state index in [4.69, 9.17) is 4.74 Å². The third-order valence-corrected chi connectivity index (χ3v) is 6.82. The number of unbranched alkanes of at least 4 members (excludes halogenated alkanes) is 1. The number of aryl methyl sites for hydroxylation is 1. The summed E-state index contributed by atoms with van der Waals surface area (Å²) in [5, 5.41) is 9.37. The largest absolute Gasteiger partial charge is 0.372 e. The van der Waals surface area contributed by atoms with E-state index >= 15 is 0 Å². The SMILES string of the molecule is c1ccc(CCCCNc2ncc(C3CCNCC3OCc3ccc4ccccc4c3)cn2)cc1. The van der Waals surface area contributed by atoms with Crippen LogP contribution >= 0.6 is 0 Å². The molecule has 2 heterocycles. The molecule has 2 N–H and O–H groups in total. The zero-order chi connectivity index (χ0) is 23.7. The van der Waals surface area contributed by atoms with Crippen LogP contribution in [0.15, 0.2) is 85.2 Å². The molecular formula is C30H34N4O. The van der Waals surface area contributed by atoms with Crippen molar-refractivity contribution >= 4 is 16.7 Å². The van der Waals surface area contributed by atoms with E-state index in [1.807, 2.05) is 12.4 Å². The molecule has 0 saturated carbocycles. The first kappa shape index (κ1) is 23.5. The second-order valence-electron chi connectivity index (χ2n) is 9.34. The number of nitrogens with one attached hydrogen (secondary N) is 2. The van der Waals surface area contributed by atoms with Crippen LogP contribution in [-0.2, 0) is 17.8 Å². The maximum absolute atomic E-state index is 6.41. The average molecular weight is 467 g/mol. The van der Waals surface area contributed by atoms with Crippen molar-refractivity contribution in [1.82, 2.24) is 15.3 Å². The Morgan fingerprint density at radius 2 is 1.66 bits per heavy atom. The summed E-state index contributed by atoms with van der Waals surface area (Å²) in [5.41, 5.74) is 3.76. The number of hydrogen-bond acceptors (Lipinski definition) is 5. The van der Waals surface area contributed by atoms with E-state index in [0.29, 0.717) is 18.5 Å². The highest BCUT2D eigenvalue weighted by molar-refractivity contribution is 5.82. The third-order valence-electron chi connectivity index (χ3n) is 6.82. The molecule has 1 saturated heterocycles. The van der Waals surface area contributed by atoms with Gasteiger partial charge in [-0.2, -0.15) is 0 Å². The van der Waals surface area contributed by atoms with Gasteiger partial charge in [-0.3, -0.25) is 0 Å². The number of rotatable bonds is 10.